The van der Waals surface area contributed by atoms with Crippen molar-refractivity contribution >= 4 is 5.69 Å². The van der Waals surface area contributed by atoms with Crippen LogP contribution in [0.5, 0.6) is 0 Å². The minimum Gasteiger partial charge on any atom is -0.371 e. The highest BCUT2D eigenvalue weighted by molar-refractivity contribution is 5.47. The van der Waals surface area contributed by atoms with Gasteiger partial charge in [-0.15, -0.1) is 0 Å². The number of nitrogens with zero attached hydrogens (tertiary/aromatic N) is 2. The van der Waals surface area contributed by atoms with Gasteiger partial charge in [0.2, 0.25) is 0 Å². The van der Waals surface area contributed by atoms with Crippen LogP contribution in [-0.2, 0) is 0 Å². The predicted octanol–water partition coefficient (Wildman–Crippen LogP) is 2.81. The maximum atomic E-state index is 13.4. The molecule has 0 fully saturated rings. The molecule has 0 aromatic heterocycles. The van der Waals surface area contributed by atoms with Crippen LogP contribution in [0.2, 0.25) is 0 Å². The lowest BCUT2D eigenvalue weighted by atomic mass is 9.95. The largest absolute Gasteiger partial charge is 0.371 e. The number of benzene rings is 1. The third-order valence-electron chi connectivity index (χ3n) is 2.20. The smallest absolute Gasteiger partial charge is 0.146 e. The first-order valence-corrected chi connectivity index (χ1v) is 4.83. The molecular weight excluding hydrogens is 191 g/mol. The minimum atomic E-state index is -0.475. The molecule has 1 rings (SSSR count). The highest BCUT2D eigenvalue weighted by Gasteiger charge is 2.20. The van der Waals surface area contributed by atoms with Gasteiger partial charge in [0.05, 0.1) is 17.2 Å². The maximum Gasteiger partial charge on any atom is 0.146 e. The second kappa shape index (κ2) is 4.31. The molecule has 15 heavy (non-hydrogen) atoms. The van der Waals surface area contributed by atoms with E-state index in [1.807, 2.05) is 13.8 Å². The van der Waals surface area contributed by atoms with Gasteiger partial charge in [-0.2, -0.15) is 5.26 Å². The molecule has 0 heterocycles. The molecule has 1 aromatic carbocycles. The van der Waals surface area contributed by atoms with Crippen molar-refractivity contribution in [2.45, 2.75) is 13.8 Å². The van der Waals surface area contributed by atoms with Crippen LogP contribution in [0, 0.1) is 22.6 Å². The summed E-state index contributed by atoms with van der Waals surface area (Å²) in [4.78, 5) is 1.76. The van der Waals surface area contributed by atoms with Crippen molar-refractivity contribution in [3.8, 4) is 6.07 Å². The molecule has 0 bridgehead atoms. The van der Waals surface area contributed by atoms with Crippen molar-refractivity contribution in [3.05, 3.63) is 30.1 Å². The van der Waals surface area contributed by atoms with E-state index in [0.29, 0.717) is 12.2 Å². The van der Waals surface area contributed by atoms with Gasteiger partial charge in [-0.1, -0.05) is 12.1 Å². The Bertz CT molecular complexity index is 379. The first-order chi connectivity index (χ1) is 6.96. The van der Waals surface area contributed by atoms with Crippen molar-refractivity contribution in [1.29, 1.82) is 5.26 Å². The lowest BCUT2D eigenvalue weighted by Gasteiger charge is -2.26. The molecular formula is C12H15FN2. The van der Waals surface area contributed by atoms with E-state index in [4.69, 9.17) is 5.26 Å². The van der Waals surface area contributed by atoms with Crippen LogP contribution in [0.1, 0.15) is 13.8 Å². The number of hydrogen-bond acceptors (Lipinski definition) is 2. The van der Waals surface area contributed by atoms with Crippen molar-refractivity contribution in [3.63, 3.8) is 0 Å². The molecule has 0 radical (unpaired) electrons. The highest BCUT2D eigenvalue weighted by Crippen LogP contribution is 2.22. The molecule has 0 atom stereocenters. The van der Waals surface area contributed by atoms with E-state index in [1.165, 1.54) is 6.07 Å². The number of para-hydroxylation sites is 1. The van der Waals surface area contributed by atoms with Crippen LogP contribution in [0.15, 0.2) is 24.3 Å². The molecule has 0 saturated heterocycles. The Morgan fingerprint density at radius 2 is 2.00 bits per heavy atom. The lowest BCUT2D eigenvalue weighted by Crippen LogP contribution is -2.30. The molecule has 2 nitrogen and oxygen atoms in total. The third-order valence-corrected chi connectivity index (χ3v) is 2.20. The summed E-state index contributed by atoms with van der Waals surface area (Å²) >= 11 is 0. The Labute approximate surface area is 89.9 Å². The Kier molecular flexibility index (Phi) is 3.31. The fraction of sp³-hybridized carbons (Fsp3) is 0.417. The summed E-state index contributed by atoms with van der Waals surface area (Å²) in [5, 5.41) is 8.89. The van der Waals surface area contributed by atoms with E-state index in [1.54, 1.807) is 30.1 Å². The highest BCUT2D eigenvalue weighted by atomic mass is 19.1. The van der Waals surface area contributed by atoms with E-state index in [2.05, 4.69) is 6.07 Å². The Hall–Kier alpha value is -1.56. The average Bonchev–Trinajstić information content (AvgIpc) is 2.17. The number of rotatable bonds is 3. The van der Waals surface area contributed by atoms with E-state index in [9.17, 15) is 4.39 Å². The van der Waals surface area contributed by atoms with Gasteiger partial charge in [0.1, 0.15) is 5.82 Å². The number of anilines is 1. The van der Waals surface area contributed by atoms with E-state index < -0.39 is 5.41 Å². The zero-order valence-electron chi connectivity index (χ0n) is 9.29. The van der Waals surface area contributed by atoms with Crippen molar-refractivity contribution in [1.82, 2.24) is 0 Å². The first-order valence-electron chi connectivity index (χ1n) is 4.83. The Morgan fingerprint density at radius 3 is 2.53 bits per heavy atom. The molecule has 0 aliphatic rings. The van der Waals surface area contributed by atoms with Crippen LogP contribution >= 0.6 is 0 Å². The summed E-state index contributed by atoms with van der Waals surface area (Å²) < 4.78 is 13.4. The van der Waals surface area contributed by atoms with Gasteiger partial charge in [-0.25, -0.2) is 4.39 Å². The average molecular weight is 206 g/mol. The molecule has 0 amide bonds. The normalized spacial score (nSPS) is 10.9. The van der Waals surface area contributed by atoms with Crippen LogP contribution < -0.4 is 4.90 Å². The van der Waals surface area contributed by atoms with E-state index >= 15 is 0 Å². The molecule has 1 aromatic rings. The summed E-state index contributed by atoms with van der Waals surface area (Å²) in [7, 11) is 1.79. The van der Waals surface area contributed by atoms with Crippen LogP contribution in [0.25, 0.3) is 0 Å². The van der Waals surface area contributed by atoms with Crippen molar-refractivity contribution in [2.24, 2.45) is 5.41 Å². The predicted molar refractivity (Wildman–Crippen MR) is 59.1 cm³/mol. The molecule has 0 N–H and O–H groups in total. The van der Waals surface area contributed by atoms with Crippen LogP contribution in [0.3, 0.4) is 0 Å². The lowest BCUT2D eigenvalue weighted by molar-refractivity contribution is 0.493. The van der Waals surface area contributed by atoms with Gasteiger partial charge in [0, 0.05) is 13.6 Å². The first kappa shape index (κ1) is 11.5. The maximum absolute atomic E-state index is 13.4. The zero-order chi connectivity index (χ0) is 11.5. The van der Waals surface area contributed by atoms with Gasteiger partial charge in [-0.05, 0) is 26.0 Å². The number of nitriles is 1. The van der Waals surface area contributed by atoms with Gasteiger partial charge < -0.3 is 4.90 Å². The van der Waals surface area contributed by atoms with Crippen LogP contribution in [0.4, 0.5) is 10.1 Å². The molecule has 80 valence electrons. The fourth-order valence-electron chi connectivity index (χ4n) is 1.47. The summed E-state index contributed by atoms with van der Waals surface area (Å²) in [5.41, 5.74) is 0.0534. The number of hydrogen-bond donors (Lipinski definition) is 0. The molecule has 0 unspecified atom stereocenters. The number of halogens is 1. The fourth-order valence-corrected chi connectivity index (χ4v) is 1.47. The quantitative estimate of drug-likeness (QED) is 0.760. The van der Waals surface area contributed by atoms with Crippen molar-refractivity contribution in [2.75, 3.05) is 18.5 Å². The second-order valence-corrected chi connectivity index (χ2v) is 4.30. The summed E-state index contributed by atoms with van der Waals surface area (Å²) in [6.07, 6.45) is 0. The monoisotopic (exact) mass is 206 g/mol. The van der Waals surface area contributed by atoms with E-state index in [0.717, 1.165) is 0 Å². The van der Waals surface area contributed by atoms with E-state index in [-0.39, 0.29) is 5.82 Å². The van der Waals surface area contributed by atoms with Gasteiger partial charge >= 0.3 is 0 Å². The third kappa shape index (κ3) is 2.95. The SMILES string of the molecule is CN(CC(C)(C)C#N)c1ccccc1F. The Balaban J connectivity index is 2.83. The molecule has 3 heteroatoms. The van der Waals surface area contributed by atoms with Gasteiger partial charge in [0.25, 0.3) is 0 Å². The molecule has 0 spiro atoms. The summed E-state index contributed by atoms with van der Waals surface area (Å²) in [6, 6.07) is 8.77. The molecule has 0 saturated carbocycles. The second-order valence-electron chi connectivity index (χ2n) is 4.30. The minimum absolute atomic E-state index is 0.256. The summed E-state index contributed by atoms with van der Waals surface area (Å²) in [5.74, 6) is -0.256. The van der Waals surface area contributed by atoms with Crippen molar-refractivity contribution < 1.29 is 4.39 Å². The molecule has 0 aliphatic heterocycles. The van der Waals surface area contributed by atoms with Gasteiger partial charge in [-0.3, -0.25) is 0 Å². The molecule has 0 aliphatic carbocycles. The standard InChI is InChI=1S/C12H15FN2/c1-12(2,8-14)9-15(3)11-7-5-4-6-10(11)13/h4-7H,9H2,1-3H3. The summed E-state index contributed by atoms with van der Waals surface area (Å²) in [6.45, 7) is 4.18. The van der Waals surface area contributed by atoms with Gasteiger partial charge in [0.15, 0.2) is 0 Å². The van der Waals surface area contributed by atoms with Crippen LogP contribution in [-0.4, -0.2) is 13.6 Å². The Morgan fingerprint density at radius 1 is 1.40 bits per heavy atom. The zero-order valence-corrected chi connectivity index (χ0v) is 9.29. The topological polar surface area (TPSA) is 27.0 Å².